The van der Waals surface area contributed by atoms with Crippen molar-refractivity contribution in [2.75, 3.05) is 26.3 Å². The predicted octanol–water partition coefficient (Wildman–Crippen LogP) is 0.706. The van der Waals surface area contributed by atoms with Crippen molar-refractivity contribution in [2.24, 2.45) is 0 Å². The Morgan fingerprint density at radius 1 is 1.33 bits per heavy atom. The smallest absolute Gasteiger partial charge is 0.245 e. The molecule has 0 aliphatic carbocycles. The van der Waals surface area contributed by atoms with Crippen molar-refractivity contribution in [1.82, 2.24) is 10.2 Å². The highest BCUT2D eigenvalue weighted by Gasteiger charge is 2.25. The number of carbonyl (C=O) groups excluding carboxylic acids is 2. The van der Waals surface area contributed by atoms with E-state index < -0.39 is 6.04 Å². The Balaban J connectivity index is 2.56. The summed E-state index contributed by atoms with van der Waals surface area (Å²) in [5.74, 6) is -0.222. The zero-order valence-electron chi connectivity index (χ0n) is 11.4. The minimum atomic E-state index is -0.439. The summed E-state index contributed by atoms with van der Waals surface area (Å²) in [6, 6.07) is -0.439. The zero-order chi connectivity index (χ0) is 13.5. The third-order valence-electron chi connectivity index (χ3n) is 2.77. The second-order valence-corrected chi connectivity index (χ2v) is 4.63. The molecule has 0 aromatic rings. The highest BCUT2D eigenvalue weighted by atomic mass is 16.5. The van der Waals surface area contributed by atoms with Gasteiger partial charge in [0.25, 0.3) is 0 Å². The number of amides is 2. The summed E-state index contributed by atoms with van der Waals surface area (Å²) in [7, 11) is 0. The summed E-state index contributed by atoms with van der Waals surface area (Å²) in [5, 5.41) is 2.75. The Morgan fingerprint density at radius 3 is 2.44 bits per heavy atom. The zero-order valence-corrected chi connectivity index (χ0v) is 11.4. The number of carbonyl (C=O) groups is 2. The maximum atomic E-state index is 12.2. The van der Waals surface area contributed by atoms with Crippen LogP contribution >= 0.6 is 0 Å². The van der Waals surface area contributed by atoms with E-state index in [4.69, 9.17) is 4.74 Å². The first-order chi connectivity index (χ1) is 8.54. The third kappa shape index (κ3) is 4.49. The Labute approximate surface area is 108 Å². The molecule has 1 heterocycles. The van der Waals surface area contributed by atoms with Crippen LogP contribution in [0.1, 0.15) is 27.2 Å². The first-order valence-corrected chi connectivity index (χ1v) is 6.36. The Kier molecular flexibility index (Phi) is 5.85. The number of allylic oxidation sites excluding steroid dienone is 1. The van der Waals surface area contributed by atoms with Gasteiger partial charge in [-0.2, -0.15) is 0 Å². The topological polar surface area (TPSA) is 58.6 Å². The van der Waals surface area contributed by atoms with E-state index in [9.17, 15) is 9.59 Å². The van der Waals surface area contributed by atoms with E-state index in [1.54, 1.807) is 4.90 Å². The van der Waals surface area contributed by atoms with Crippen molar-refractivity contribution >= 4 is 11.8 Å². The molecule has 18 heavy (non-hydrogen) atoms. The van der Waals surface area contributed by atoms with E-state index in [1.807, 2.05) is 20.8 Å². The monoisotopic (exact) mass is 254 g/mol. The predicted molar refractivity (Wildman–Crippen MR) is 69.1 cm³/mol. The third-order valence-corrected chi connectivity index (χ3v) is 2.77. The van der Waals surface area contributed by atoms with Crippen molar-refractivity contribution in [1.29, 1.82) is 0 Å². The van der Waals surface area contributed by atoms with Crippen LogP contribution in [0.3, 0.4) is 0 Å². The van der Waals surface area contributed by atoms with Crippen molar-refractivity contribution in [3.8, 4) is 0 Å². The van der Waals surface area contributed by atoms with Crippen molar-refractivity contribution in [3.63, 3.8) is 0 Å². The second-order valence-electron chi connectivity index (χ2n) is 4.63. The van der Waals surface area contributed by atoms with Crippen LogP contribution in [0.4, 0.5) is 0 Å². The molecule has 0 saturated carbocycles. The molecule has 1 aliphatic heterocycles. The van der Waals surface area contributed by atoms with Crippen LogP contribution in [0.5, 0.6) is 0 Å². The molecular weight excluding hydrogens is 232 g/mol. The van der Waals surface area contributed by atoms with E-state index >= 15 is 0 Å². The molecule has 1 rings (SSSR count). The summed E-state index contributed by atoms with van der Waals surface area (Å²) < 4.78 is 5.21. The molecule has 102 valence electrons. The SMILES string of the molecule is CC[C@@H](NC(=O)C=C(C)C)C(=O)N1CCOCC1. The molecule has 0 radical (unpaired) electrons. The lowest BCUT2D eigenvalue weighted by molar-refractivity contribution is -0.139. The molecule has 0 aromatic heterocycles. The minimum Gasteiger partial charge on any atom is -0.378 e. The molecule has 0 spiro atoms. The van der Waals surface area contributed by atoms with Crippen LogP contribution in [-0.2, 0) is 14.3 Å². The van der Waals surface area contributed by atoms with Gasteiger partial charge in [-0.15, -0.1) is 0 Å². The van der Waals surface area contributed by atoms with Gasteiger partial charge in [0.1, 0.15) is 6.04 Å². The first kappa shape index (κ1) is 14.7. The summed E-state index contributed by atoms with van der Waals surface area (Å²) in [4.78, 5) is 25.6. The maximum Gasteiger partial charge on any atom is 0.245 e. The van der Waals surface area contributed by atoms with Crippen molar-refractivity contribution in [3.05, 3.63) is 11.6 Å². The van der Waals surface area contributed by atoms with E-state index in [-0.39, 0.29) is 11.8 Å². The van der Waals surface area contributed by atoms with Gasteiger partial charge < -0.3 is 15.0 Å². The number of hydrogen-bond acceptors (Lipinski definition) is 3. The number of ether oxygens (including phenoxy) is 1. The number of hydrogen-bond donors (Lipinski definition) is 1. The summed E-state index contributed by atoms with van der Waals surface area (Å²) >= 11 is 0. The van der Waals surface area contributed by atoms with Crippen LogP contribution in [0.2, 0.25) is 0 Å². The van der Waals surface area contributed by atoms with Crippen molar-refractivity contribution in [2.45, 2.75) is 33.2 Å². The van der Waals surface area contributed by atoms with E-state index in [0.717, 1.165) is 5.57 Å². The van der Waals surface area contributed by atoms with Crippen LogP contribution in [0, 0.1) is 0 Å². The van der Waals surface area contributed by atoms with E-state index in [1.165, 1.54) is 6.08 Å². The maximum absolute atomic E-state index is 12.2. The standard InChI is InChI=1S/C13H22N2O3/c1-4-11(14-12(16)9-10(2)3)13(17)15-5-7-18-8-6-15/h9,11H,4-8H2,1-3H3,(H,14,16)/t11-/m1/s1. The molecule has 1 atom stereocenters. The fourth-order valence-electron chi connectivity index (χ4n) is 1.82. The van der Waals surface area contributed by atoms with Crippen LogP contribution in [-0.4, -0.2) is 49.1 Å². The average molecular weight is 254 g/mol. The second kappa shape index (κ2) is 7.16. The number of morpholine rings is 1. The van der Waals surface area contributed by atoms with Gasteiger partial charge in [0.15, 0.2) is 0 Å². The Hall–Kier alpha value is -1.36. The number of rotatable bonds is 4. The fourth-order valence-corrected chi connectivity index (χ4v) is 1.82. The average Bonchev–Trinajstić information content (AvgIpc) is 2.35. The molecular formula is C13H22N2O3. The molecule has 2 amide bonds. The highest BCUT2D eigenvalue weighted by Crippen LogP contribution is 2.04. The summed E-state index contributed by atoms with van der Waals surface area (Å²) in [6.45, 7) is 7.95. The number of nitrogens with one attached hydrogen (secondary N) is 1. The lowest BCUT2D eigenvalue weighted by atomic mass is 10.1. The Morgan fingerprint density at radius 2 is 1.94 bits per heavy atom. The summed E-state index contributed by atoms with van der Waals surface area (Å²) in [6.07, 6.45) is 2.10. The molecule has 1 saturated heterocycles. The largest absolute Gasteiger partial charge is 0.378 e. The van der Waals surface area contributed by atoms with Crippen LogP contribution < -0.4 is 5.32 Å². The van der Waals surface area contributed by atoms with Crippen molar-refractivity contribution < 1.29 is 14.3 Å². The molecule has 1 fully saturated rings. The minimum absolute atomic E-state index is 0.0173. The molecule has 0 aromatic carbocycles. The molecule has 5 nitrogen and oxygen atoms in total. The van der Waals surface area contributed by atoms with Gasteiger partial charge in [0.2, 0.25) is 11.8 Å². The molecule has 5 heteroatoms. The van der Waals surface area contributed by atoms with E-state index in [2.05, 4.69) is 5.32 Å². The van der Waals surface area contributed by atoms with Gasteiger partial charge in [0.05, 0.1) is 13.2 Å². The lowest BCUT2D eigenvalue weighted by Gasteiger charge is -2.30. The molecule has 0 unspecified atom stereocenters. The van der Waals surface area contributed by atoms with Gasteiger partial charge in [-0.25, -0.2) is 0 Å². The van der Waals surface area contributed by atoms with Gasteiger partial charge >= 0.3 is 0 Å². The van der Waals surface area contributed by atoms with Gasteiger partial charge in [-0.1, -0.05) is 12.5 Å². The Bertz CT molecular complexity index is 329. The quantitative estimate of drug-likeness (QED) is 0.752. The summed E-state index contributed by atoms with van der Waals surface area (Å²) in [5.41, 5.74) is 0.918. The molecule has 1 aliphatic rings. The molecule has 0 bridgehead atoms. The van der Waals surface area contributed by atoms with Gasteiger partial charge in [-0.05, 0) is 20.3 Å². The van der Waals surface area contributed by atoms with Gasteiger partial charge in [0, 0.05) is 19.2 Å². The van der Waals surface area contributed by atoms with Crippen LogP contribution in [0.15, 0.2) is 11.6 Å². The normalized spacial score (nSPS) is 16.9. The van der Waals surface area contributed by atoms with E-state index in [0.29, 0.717) is 32.7 Å². The number of nitrogens with zero attached hydrogens (tertiary/aromatic N) is 1. The highest BCUT2D eigenvalue weighted by molar-refractivity contribution is 5.93. The van der Waals surface area contributed by atoms with Crippen LogP contribution in [0.25, 0.3) is 0 Å². The molecule has 1 N–H and O–H groups in total. The van der Waals surface area contributed by atoms with Gasteiger partial charge in [-0.3, -0.25) is 9.59 Å². The lowest BCUT2D eigenvalue weighted by Crippen LogP contribution is -2.51. The first-order valence-electron chi connectivity index (χ1n) is 6.36. The fraction of sp³-hybridized carbons (Fsp3) is 0.692.